The number of hydrogen-bond acceptors (Lipinski definition) is 3. The molecule has 3 nitrogen and oxygen atoms in total. The van der Waals surface area contributed by atoms with Crippen molar-refractivity contribution in [2.24, 2.45) is 7.05 Å². The summed E-state index contributed by atoms with van der Waals surface area (Å²) in [7, 11) is 1.81. The first kappa shape index (κ1) is 8.81. The third kappa shape index (κ3) is 1.63. The van der Waals surface area contributed by atoms with Gasteiger partial charge in [-0.15, -0.1) is 0 Å². The van der Waals surface area contributed by atoms with Crippen molar-refractivity contribution in [3.8, 4) is 0 Å². The highest BCUT2D eigenvalue weighted by Gasteiger charge is 2.25. The Morgan fingerprint density at radius 1 is 1.77 bits per heavy atom. The van der Waals surface area contributed by atoms with Gasteiger partial charge in [0.1, 0.15) is 5.69 Å². The summed E-state index contributed by atoms with van der Waals surface area (Å²) in [4.78, 5) is 11.8. The zero-order valence-corrected chi connectivity index (χ0v) is 8.38. The normalized spacial score (nSPS) is 22.1. The van der Waals surface area contributed by atoms with Gasteiger partial charge in [-0.1, -0.05) is 0 Å². The van der Waals surface area contributed by atoms with Gasteiger partial charge in [-0.25, -0.2) is 0 Å². The summed E-state index contributed by atoms with van der Waals surface area (Å²) in [6.07, 6.45) is 3.86. The number of carbonyl (C=O) groups excluding carboxylic acids is 1. The minimum absolute atomic E-state index is 0.176. The second kappa shape index (κ2) is 3.54. The summed E-state index contributed by atoms with van der Waals surface area (Å²) < 4.78 is 1.65. The maximum absolute atomic E-state index is 11.8. The predicted molar refractivity (Wildman–Crippen MR) is 53.0 cm³/mol. The van der Waals surface area contributed by atoms with E-state index < -0.39 is 0 Å². The molecule has 2 rings (SSSR count). The Morgan fingerprint density at radius 2 is 2.62 bits per heavy atom. The smallest absolute Gasteiger partial charge is 0.193 e. The van der Waals surface area contributed by atoms with Crippen molar-refractivity contribution >= 4 is 17.5 Å². The SMILES string of the molecule is Cn1nccc1C(=O)C1CCCS1. The van der Waals surface area contributed by atoms with Crippen LogP contribution >= 0.6 is 11.8 Å². The molecule has 1 aliphatic heterocycles. The first-order valence-electron chi connectivity index (χ1n) is 4.43. The standard InChI is InChI=1S/C9H12N2OS/c1-11-7(4-5-10-11)9(12)8-3-2-6-13-8/h4-5,8H,2-3,6H2,1H3. The van der Waals surface area contributed by atoms with E-state index in [2.05, 4.69) is 5.10 Å². The molecule has 1 unspecified atom stereocenters. The minimum Gasteiger partial charge on any atom is -0.291 e. The Kier molecular flexibility index (Phi) is 2.40. The van der Waals surface area contributed by atoms with Crippen LogP contribution in [0.5, 0.6) is 0 Å². The van der Waals surface area contributed by atoms with Gasteiger partial charge in [-0.05, 0) is 24.7 Å². The lowest BCUT2D eigenvalue weighted by molar-refractivity contribution is 0.0979. The van der Waals surface area contributed by atoms with E-state index in [1.165, 1.54) is 6.42 Å². The third-order valence-electron chi connectivity index (χ3n) is 2.30. The first-order valence-corrected chi connectivity index (χ1v) is 5.48. The average molecular weight is 196 g/mol. The van der Waals surface area contributed by atoms with Crippen LogP contribution in [0.25, 0.3) is 0 Å². The van der Waals surface area contributed by atoms with E-state index in [0.717, 1.165) is 17.9 Å². The molecule has 13 heavy (non-hydrogen) atoms. The van der Waals surface area contributed by atoms with E-state index >= 15 is 0 Å². The topological polar surface area (TPSA) is 34.9 Å². The zero-order chi connectivity index (χ0) is 9.26. The van der Waals surface area contributed by atoms with Crippen molar-refractivity contribution in [2.75, 3.05) is 5.75 Å². The Labute approximate surface area is 81.5 Å². The molecular weight excluding hydrogens is 184 g/mol. The molecule has 1 aliphatic rings. The van der Waals surface area contributed by atoms with Crippen LogP contribution in [0.1, 0.15) is 23.3 Å². The van der Waals surface area contributed by atoms with E-state index in [1.54, 1.807) is 28.7 Å². The average Bonchev–Trinajstić information content (AvgIpc) is 2.72. The predicted octanol–water partition coefficient (Wildman–Crippen LogP) is 1.50. The van der Waals surface area contributed by atoms with Gasteiger partial charge >= 0.3 is 0 Å². The zero-order valence-electron chi connectivity index (χ0n) is 7.56. The van der Waals surface area contributed by atoms with Crippen molar-refractivity contribution in [1.29, 1.82) is 0 Å². The number of thioether (sulfide) groups is 1. The summed E-state index contributed by atoms with van der Waals surface area (Å²) in [5.41, 5.74) is 0.736. The lowest BCUT2D eigenvalue weighted by Gasteiger charge is -2.06. The molecule has 1 saturated heterocycles. The number of carbonyl (C=O) groups is 1. The molecule has 0 bridgehead atoms. The molecule has 70 valence electrons. The lowest BCUT2D eigenvalue weighted by atomic mass is 10.1. The van der Waals surface area contributed by atoms with Gasteiger partial charge in [0.2, 0.25) is 0 Å². The minimum atomic E-state index is 0.176. The molecule has 0 N–H and O–H groups in total. The molecule has 1 fully saturated rings. The highest BCUT2D eigenvalue weighted by Crippen LogP contribution is 2.28. The second-order valence-electron chi connectivity index (χ2n) is 3.21. The fourth-order valence-corrected chi connectivity index (χ4v) is 2.79. The molecular formula is C9H12N2OS. The molecule has 0 radical (unpaired) electrons. The molecule has 1 atom stereocenters. The summed E-state index contributed by atoms with van der Waals surface area (Å²) in [5.74, 6) is 1.36. The molecule has 0 amide bonds. The number of nitrogens with zero attached hydrogens (tertiary/aromatic N) is 2. The number of Topliss-reactive ketones (excluding diaryl/α,β-unsaturated/α-hetero) is 1. The molecule has 4 heteroatoms. The number of ketones is 1. The molecule has 0 aromatic carbocycles. The van der Waals surface area contributed by atoms with Gasteiger partial charge in [-0.2, -0.15) is 16.9 Å². The molecule has 0 aliphatic carbocycles. The van der Waals surface area contributed by atoms with Crippen LogP contribution in [0.2, 0.25) is 0 Å². The Hall–Kier alpha value is -0.770. The van der Waals surface area contributed by atoms with E-state index in [-0.39, 0.29) is 11.0 Å². The largest absolute Gasteiger partial charge is 0.291 e. The Bertz CT molecular complexity index is 315. The van der Waals surface area contributed by atoms with Gasteiger partial charge in [0.05, 0.1) is 5.25 Å². The highest BCUT2D eigenvalue weighted by atomic mass is 32.2. The van der Waals surface area contributed by atoms with Crippen molar-refractivity contribution in [2.45, 2.75) is 18.1 Å². The molecule has 0 spiro atoms. The van der Waals surface area contributed by atoms with Crippen LogP contribution in [0, 0.1) is 0 Å². The quantitative estimate of drug-likeness (QED) is 0.672. The van der Waals surface area contributed by atoms with Crippen LogP contribution < -0.4 is 0 Å². The highest BCUT2D eigenvalue weighted by molar-refractivity contribution is 8.00. The molecule has 1 aromatic rings. The van der Waals surface area contributed by atoms with Crippen molar-refractivity contribution in [3.05, 3.63) is 18.0 Å². The van der Waals surface area contributed by atoms with E-state index in [1.807, 2.05) is 7.05 Å². The fourth-order valence-electron chi connectivity index (χ4n) is 1.56. The number of hydrogen-bond donors (Lipinski definition) is 0. The maximum Gasteiger partial charge on any atom is 0.193 e. The molecule has 1 aromatic heterocycles. The Balaban J connectivity index is 2.17. The summed E-state index contributed by atoms with van der Waals surface area (Å²) in [6.45, 7) is 0. The monoisotopic (exact) mass is 196 g/mol. The first-order chi connectivity index (χ1) is 6.29. The summed E-state index contributed by atoms with van der Waals surface area (Å²) >= 11 is 1.77. The van der Waals surface area contributed by atoms with Crippen LogP contribution in [-0.4, -0.2) is 26.6 Å². The number of aromatic nitrogens is 2. The molecule has 0 saturated carbocycles. The van der Waals surface area contributed by atoms with Crippen molar-refractivity contribution in [1.82, 2.24) is 9.78 Å². The van der Waals surface area contributed by atoms with Crippen LogP contribution in [-0.2, 0) is 7.05 Å². The van der Waals surface area contributed by atoms with Crippen LogP contribution in [0.15, 0.2) is 12.3 Å². The van der Waals surface area contributed by atoms with E-state index in [4.69, 9.17) is 0 Å². The van der Waals surface area contributed by atoms with Gasteiger partial charge < -0.3 is 0 Å². The third-order valence-corrected chi connectivity index (χ3v) is 3.67. The second-order valence-corrected chi connectivity index (χ2v) is 4.52. The van der Waals surface area contributed by atoms with Gasteiger partial charge in [-0.3, -0.25) is 9.48 Å². The van der Waals surface area contributed by atoms with Crippen LogP contribution in [0.3, 0.4) is 0 Å². The summed E-state index contributed by atoms with van der Waals surface area (Å²) in [6, 6.07) is 1.79. The van der Waals surface area contributed by atoms with Gasteiger partial charge in [0, 0.05) is 13.2 Å². The van der Waals surface area contributed by atoms with Crippen molar-refractivity contribution in [3.63, 3.8) is 0 Å². The number of aryl methyl sites for hydroxylation is 1. The fraction of sp³-hybridized carbons (Fsp3) is 0.556. The lowest BCUT2D eigenvalue weighted by Crippen LogP contribution is -2.17. The van der Waals surface area contributed by atoms with Crippen LogP contribution in [0.4, 0.5) is 0 Å². The van der Waals surface area contributed by atoms with E-state index in [0.29, 0.717) is 0 Å². The Morgan fingerprint density at radius 3 is 3.15 bits per heavy atom. The maximum atomic E-state index is 11.8. The van der Waals surface area contributed by atoms with Crippen molar-refractivity contribution < 1.29 is 4.79 Å². The van der Waals surface area contributed by atoms with Gasteiger partial charge in [0.25, 0.3) is 0 Å². The van der Waals surface area contributed by atoms with E-state index in [9.17, 15) is 4.79 Å². The summed E-state index contributed by atoms with van der Waals surface area (Å²) in [5, 5.41) is 4.17. The molecule has 2 heterocycles. The van der Waals surface area contributed by atoms with Gasteiger partial charge in [0.15, 0.2) is 5.78 Å². The number of rotatable bonds is 2.